The van der Waals surface area contributed by atoms with E-state index >= 15 is 0 Å². The van der Waals surface area contributed by atoms with Crippen LogP contribution in [0.5, 0.6) is 0 Å². The van der Waals surface area contributed by atoms with Crippen molar-refractivity contribution in [3.05, 3.63) is 29.3 Å². The molecule has 0 aliphatic carbocycles. The molecule has 1 rings (SSSR count). The summed E-state index contributed by atoms with van der Waals surface area (Å²) >= 11 is 1.65. The summed E-state index contributed by atoms with van der Waals surface area (Å²) in [5, 5.41) is 8.86. The minimum atomic E-state index is -0.777. The van der Waals surface area contributed by atoms with Crippen molar-refractivity contribution in [2.75, 3.05) is 6.26 Å². The predicted octanol–water partition coefficient (Wildman–Crippen LogP) is 2.91. The SMILES string of the molecule is CSc1cc(C(C)C(=O)O)ccc1C. The molecule has 0 aromatic heterocycles. The summed E-state index contributed by atoms with van der Waals surface area (Å²) in [5.41, 5.74) is 2.06. The number of benzene rings is 1. The van der Waals surface area contributed by atoms with Crippen LogP contribution in [-0.4, -0.2) is 17.3 Å². The van der Waals surface area contributed by atoms with Crippen molar-refractivity contribution in [3.63, 3.8) is 0 Å². The lowest BCUT2D eigenvalue weighted by atomic mass is 10.0. The van der Waals surface area contributed by atoms with Gasteiger partial charge in [0.1, 0.15) is 0 Å². The van der Waals surface area contributed by atoms with Crippen LogP contribution >= 0.6 is 11.8 Å². The van der Waals surface area contributed by atoms with E-state index in [2.05, 4.69) is 0 Å². The molecule has 0 bridgehead atoms. The third-order valence-corrected chi connectivity index (χ3v) is 3.18. The highest BCUT2D eigenvalue weighted by Gasteiger charge is 2.14. The van der Waals surface area contributed by atoms with Gasteiger partial charge in [0.05, 0.1) is 5.92 Å². The molecular weight excluding hydrogens is 196 g/mol. The van der Waals surface area contributed by atoms with Crippen molar-refractivity contribution >= 4 is 17.7 Å². The molecule has 1 aromatic carbocycles. The van der Waals surface area contributed by atoms with Gasteiger partial charge in [0.2, 0.25) is 0 Å². The number of carbonyl (C=O) groups is 1. The summed E-state index contributed by atoms with van der Waals surface area (Å²) in [6.07, 6.45) is 2.00. The van der Waals surface area contributed by atoms with Gasteiger partial charge >= 0.3 is 5.97 Å². The Labute approximate surface area is 88.3 Å². The van der Waals surface area contributed by atoms with Crippen molar-refractivity contribution < 1.29 is 9.90 Å². The number of carboxylic acid groups (broad SMARTS) is 1. The fourth-order valence-electron chi connectivity index (χ4n) is 1.25. The summed E-state index contributed by atoms with van der Waals surface area (Å²) in [6, 6.07) is 5.81. The number of aliphatic carboxylic acids is 1. The van der Waals surface area contributed by atoms with Crippen LogP contribution in [0, 0.1) is 6.92 Å². The third-order valence-electron chi connectivity index (χ3n) is 2.30. The maximum absolute atomic E-state index is 10.8. The normalized spacial score (nSPS) is 12.5. The van der Waals surface area contributed by atoms with Gasteiger partial charge < -0.3 is 5.11 Å². The van der Waals surface area contributed by atoms with E-state index in [9.17, 15) is 4.79 Å². The number of thioether (sulfide) groups is 1. The van der Waals surface area contributed by atoms with E-state index in [1.54, 1.807) is 18.7 Å². The number of hydrogen-bond donors (Lipinski definition) is 1. The summed E-state index contributed by atoms with van der Waals surface area (Å²) in [7, 11) is 0. The third kappa shape index (κ3) is 2.29. The molecule has 0 amide bonds. The number of aryl methyl sites for hydroxylation is 1. The van der Waals surface area contributed by atoms with Crippen molar-refractivity contribution in [1.29, 1.82) is 0 Å². The highest BCUT2D eigenvalue weighted by Crippen LogP contribution is 2.25. The number of carboxylic acids is 1. The van der Waals surface area contributed by atoms with E-state index in [-0.39, 0.29) is 0 Å². The Kier molecular flexibility index (Phi) is 3.58. The number of rotatable bonds is 3. The molecule has 0 saturated carbocycles. The molecule has 0 saturated heterocycles. The molecule has 1 atom stereocenters. The quantitative estimate of drug-likeness (QED) is 0.779. The lowest BCUT2D eigenvalue weighted by Gasteiger charge is -2.09. The van der Waals surface area contributed by atoms with Crippen LogP contribution < -0.4 is 0 Å². The molecule has 1 N–H and O–H groups in total. The Morgan fingerprint density at radius 1 is 1.50 bits per heavy atom. The van der Waals surface area contributed by atoms with Crippen LogP contribution in [0.25, 0.3) is 0 Å². The Hall–Kier alpha value is -0.960. The van der Waals surface area contributed by atoms with Gasteiger partial charge in [-0.05, 0) is 37.3 Å². The van der Waals surface area contributed by atoms with Crippen LogP contribution in [0.2, 0.25) is 0 Å². The minimum absolute atomic E-state index is 0.429. The lowest BCUT2D eigenvalue weighted by Crippen LogP contribution is -2.07. The zero-order valence-corrected chi connectivity index (χ0v) is 9.39. The van der Waals surface area contributed by atoms with Crippen LogP contribution in [-0.2, 0) is 4.79 Å². The average molecular weight is 210 g/mol. The van der Waals surface area contributed by atoms with E-state index < -0.39 is 11.9 Å². The fraction of sp³-hybridized carbons (Fsp3) is 0.364. The van der Waals surface area contributed by atoms with Gasteiger partial charge in [-0.2, -0.15) is 0 Å². The van der Waals surface area contributed by atoms with Crippen molar-refractivity contribution in [2.24, 2.45) is 0 Å². The molecule has 1 aromatic rings. The van der Waals surface area contributed by atoms with Crippen LogP contribution in [0.15, 0.2) is 23.1 Å². The zero-order chi connectivity index (χ0) is 10.7. The van der Waals surface area contributed by atoms with E-state index in [1.165, 1.54) is 5.56 Å². The lowest BCUT2D eigenvalue weighted by molar-refractivity contribution is -0.138. The Morgan fingerprint density at radius 2 is 2.14 bits per heavy atom. The van der Waals surface area contributed by atoms with E-state index in [0.717, 1.165) is 10.5 Å². The molecule has 0 aliphatic rings. The second-order valence-electron chi connectivity index (χ2n) is 3.29. The smallest absolute Gasteiger partial charge is 0.310 e. The maximum atomic E-state index is 10.8. The molecule has 0 aliphatic heterocycles. The predicted molar refractivity (Wildman–Crippen MR) is 59.0 cm³/mol. The average Bonchev–Trinajstić information content (AvgIpc) is 2.17. The zero-order valence-electron chi connectivity index (χ0n) is 8.57. The second-order valence-corrected chi connectivity index (χ2v) is 4.14. The first-order valence-corrected chi connectivity index (χ1v) is 5.66. The summed E-state index contributed by atoms with van der Waals surface area (Å²) in [5.74, 6) is -1.21. The van der Waals surface area contributed by atoms with E-state index in [0.29, 0.717) is 0 Å². The van der Waals surface area contributed by atoms with Gasteiger partial charge in [-0.3, -0.25) is 4.79 Å². The molecule has 2 nitrogen and oxygen atoms in total. The van der Waals surface area contributed by atoms with Crippen LogP contribution in [0.3, 0.4) is 0 Å². The van der Waals surface area contributed by atoms with Gasteiger partial charge in [0, 0.05) is 4.90 Å². The van der Waals surface area contributed by atoms with Crippen molar-refractivity contribution in [2.45, 2.75) is 24.7 Å². The molecule has 14 heavy (non-hydrogen) atoms. The Balaban J connectivity index is 3.06. The van der Waals surface area contributed by atoms with Gasteiger partial charge in [-0.25, -0.2) is 0 Å². The Morgan fingerprint density at radius 3 is 2.64 bits per heavy atom. The van der Waals surface area contributed by atoms with Crippen molar-refractivity contribution in [3.8, 4) is 0 Å². The highest BCUT2D eigenvalue weighted by atomic mass is 32.2. The van der Waals surface area contributed by atoms with Crippen LogP contribution in [0.4, 0.5) is 0 Å². The second kappa shape index (κ2) is 4.51. The topological polar surface area (TPSA) is 37.3 Å². The monoisotopic (exact) mass is 210 g/mol. The van der Waals surface area contributed by atoms with Crippen molar-refractivity contribution in [1.82, 2.24) is 0 Å². The summed E-state index contributed by atoms with van der Waals surface area (Å²) in [4.78, 5) is 11.9. The largest absolute Gasteiger partial charge is 0.481 e. The number of hydrogen-bond acceptors (Lipinski definition) is 2. The maximum Gasteiger partial charge on any atom is 0.310 e. The highest BCUT2D eigenvalue weighted by molar-refractivity contribution is 7.98. The molecular formula is C11H14O2S. The molecule has 1 unspecified atom stereocenters. The fourth-order valence-corrected chi connectivity index (χ4v) is 1.89. The van der Waals surface area contributed by atoms with Gasteiger partial charge in [-0.1, -0.05) is 12.1 Å². The summed E-state index contributed by atoms with van der Waals surface area (Å²) in [6.45, 7) is 3.73. The van der Waals surface area contributed by atoms with E-state index in [4.69, 9.17) is 5.11 Å². The molecule has 0 fully saturated rings. The molecule has 3 heteroatoms. The van der Waals surface area contributed by atoms with Crippen LogP contribution in [0.1, 0.15) is 24.0 Å². The summed E-state index contributed by atoms with van der Waals surface area (Å²) < 4.78 is 0. The first kappa shape index (κ1) is 11.1. The molecule has 0 radical (unpaired) electrons. The first-order chi connectivity index (χ1) is 6.56. The Bertz CT molecular complexity index is 347. The van der Waals surface area contributed by atoms with Gasteiger partial charge in [-0.15, -0.1) is 11.8 Å². The standard InChI is InChI=1S/C11H14O2S/c1-7-4-5-9(6-10(7)14-3)8(2)11(12)13/h4-6,8H,1-3H3,(H,12,13). The molecule has 0 spiro atoms. The first-order valence-electron chi connectivity index (χ1n) is 4.43. The minimum Gasteiger partial charge on any atom is -0.481 e. The van der Waals surface area contributed by atoms with E-state index in [1.807, 2.05) is 31.4 Å². The molecule has 0 heterocycles. The molecule has 76 valence electrons. The van der Waals surface area contributed by atoms with Gasteiger partial charge in [0.15, 0.2) is 0 Å². The van der Waals surface area contributed by atoms with Gasteiger partial charge in [0.25, 0.3) is 0 Å².